The summed E-state index contributed by atoms with van der Waals surface area (Å²) in [4.78, 5) is 12.1. The SMILES string of the molecule is COCCOc1cccc(NC(=O)CC2(CN)CCC2)c1. The first kappa shape index (κ1) is 15.8. The number of hydrogen-bond donors (Lipinski definition) is 2. The van der Waals surface area contributed by atoms with Gasteiger partial charge in [-0.25, -0.2) is 0 Å². The number of nitrogens with one attached hydrogen (secondary N) is 1. The first-order valence-electron chi connectivity index (χ1n) is 7.39. The number of ether oxygens (including phenoxy) is 2. The van der Waals surface area contributed by atoms with E-state index >= 15 is 0 Å². The number of carbonyl (C=O) groups is 1. The molecule has 0 unspecified atom stereocenters. The van der Waals surface area contributed by atoms with Crippen LogP contribution in [0.15, 0.2) is 24.3 Å². The van der Waals surface area contributed by atoms with Crippen LogP contribution in [-0.2, 0) is 9.53 Å². The van der Waals surface area contributed by atoms with Crippen LogP contribution in [0.2, 0.25) is 0 Å². The molecule has 1 aliphatic carbocycles. The van der Waals surface area contributed by atoms with Gasteiger partial charge in [-0.1, -0.05) is 12.5 Å². The van der Waals surface area contributed by atoms with Gasteiger partial charge >= 0.3 is 0 Å². The quantitative estimate of drug-likeness (QED) is 0.720. The van der Waals surface area contributed by atoms with Crippen molar-refractivity contribution >= 4 is 11.6 Å². The van der Waals surface area contributed by atoms with Crippen molar-refractivity contribution in [2.24, 2.45) is 11.1 Å². The number of nitrogens with two attached hydrogens (primary N) is 1. The molecule has 0 spiro atoms. The molecule has 0 bridgehead atoms. The second-order valence-corrected chi connectivity index (χ2v) is 5.65. The van der Waals surface area contributed by atoms with Crippen molar-refractivity contribution in [3.8, 4) is 5.75 Å². The Bertz CT molecular complexity index is 467. The van der Waals surface area contributed by atoms with Crippen LogP contribution in [0.4, 0.5) is 5.69 Å². The Balaban J connectivity index is 1.87. The van der Waals surface area contributed by atoms with E-state index in [9.17, 15) is 4.79 Å². The third-order valence-electron chi connectivity index (χ3n) is 4.06. The number of carbonyl (C=O) groups excluding carboxylic acids is 1. The van der Waals surface area contributed by atoms with E-state index in [2.05, 4.69) is 5.32 Å². The van der Waals surface area contributed by atoms with Crippen LogP contribution in [0.1, 0.15) is 25.7 Å². The number of amides is 1. The van der Waals surface area contributed by atoms with Crippen molar-refractivity contribution in [1.82, 2.24) is 0 Å². The maximum absolute atomic E-state index is 12.1. The van der Waals surface area contributed by atoms with E-state index in [1.165, 1.54) is 6.42 Å². The Labute approximate surface area is 125 Å². The fourth-order valence-corrected chi connectivity index (χ4v) is 2.58. The summed E-state index contributed by atoms with van der Waals surface area (Å²) in [5.74, 6) is 0.747. The lowest BCUT2D eigenvalue weighted by molar-refractivity contribution is -0.119. The molecule has 0 aromatic heterocycles. The van der Waals surface area contributed by atoms with Crippen molar-refractivity contribution in [3.05, 3.63) is 24.3 Å². The molecule has 5 heteroatoms. The highest BCUT2D eigenvalue weighted by atomic mass is 16.5. The Kier molecular flexibility index (Phi) is 5.59. The van der Waals surface area contributed by atoms with Gasteiger partial charge in [-0.05, 0) is 36.9 Å². The second kappa shape index (κ2) is 7.43. The largest absolute Gasteiger partial charge is 0.491 e. The molecule has 3 N–H and O–H groups in total. The zero-order valence-corrected chi connectivity index (χ0v) is 12.6. The lowest BCUT2D eigenvalue weighted by Crippen LogP contribution is -2.40. The van der Waals surface area contributed by atoms with Gasteiger partial charge in [-0.3, -0.25) is 4.79 Å². The van der Waals surface area contributed by atoms with Crippen LogP contribution in [-0.4, -0.2) is 32.8 Å². The van der Waals surface area contributed by atoms with Crippen molar-refractivity contribution < 1.29 is 14.3 Å². The third kappa shape index (κ3) is 4.44. The average molecular weight is 292 g/mol. The van der Waals surface area contributed by atoms with Gasteiger partial charge in [-0.15, -0.1) is 0 Å². The molecule has 5 nitrogen and oxygen atoms in total. The molecule has 1 aliphatic rings. The molecule has 0 atom stereocenters. The zero-order valence-electron chi connectivity index (χ0n) is 12.6. The molecule has 0 radical (unpaired) electrons. The smallest absolute Gasteiger partial charge is 0.224 e. The van der Waals surface area contributed by atoms with Crippen LogP contribution in [0.3, 0.4) is 0 Å². The van der Waals surface area contributed by atoms with Crippen LogP contribution >= 0.6 is 0 Å². The van der Waals surface area contributed by atoms with Crippen LogP contribution in [0.25, 0.3) is 0 Å². The lowest BCUT2D eigenvalue weighted by Gasteiger charge is -2.40. The average Bonchev–Trinajstić information content (AvgIpc) is 2.44. The standard InChI is InChI=1S/C16H24N2O3/c1-20-8-9-21-14-5-2-4-13(10-14)18-15(19)11-16(12-17)6-3-7-16/h2,4-5,10H,3,6-9,11-12,17H2,1H3,(H,18,19). The van der Waals surface area contributed by atoms with E-state index in [4.69, 9.17) is 15.2 Å². The Morgan fingerprint density at radius 3 is 2.81 bits per heavy atom. The van der Waals surface area contributed by atoms with Crippen molar-refractivity contribution in [3.63, 3.8) is 0 Å². The van der Waals surface area contributed by atoms with Gasteiger partial charge in [0.2, 0.25) is 5.91 Å². The van der Waals surface area contributed by atoms with Crippen molar-refractivity contribution in [2.45, 2.75) is 25.7 Å². The predicted octanol–water partition coefficient (Wildman–Crippen LogP) is 2.17. The topological polar surface area (TPSA) is 73.6 Å². The number of rotatable bonds is 8. The Hall–Kier alpha value is -1.59. The summed E-state index contributed by atoms with van der Waals surface area (Å²) in [6, 6.07) is 7.40. The summed E-state index contributed by atoms with van der Waals surface area (Å²) in [7, 11) is 1.63. The molecule has 1 saturated carbocycles. The molecule has 21 heavy (non-hydrogen) atoms. The lowest BCUT2D eigenvalue weighted by atomic mass is 9.66. The third-order valence-corrected chi connectivity index (χ3v) is 4.06. The maximum atomic E-state index is 12.1. The highest BCUT2D eigenvalue weighted by molar-refractivity contribution is 5.91. The molecular formula is C16H24N2O3. The molecule has 0 aliphatic heterocycles. The predicted molar refractivity (Wildman–Crippen MR) is 82.4 cm³/mol. The Morgan fingerprint density at radius 2 is 2.19 bits per heavy atom. The first-order valence-corrected chi connectivity index (χ1v) is 7.39. The molecule has 1 aromatic rings. The number of hydrogen-bond acceptors (Lipinski definition) is 4. The highest BCUT2D eigenvalue weighted by Crippen LogP contribution is 2.43. The van der Waals surface area contributed by atoms with Gasteiger partial charge in [0, 0.05) is 25.3 Å². The van der Waals surface area contributed by atoms with Gasteiger partial charge in [0.05, 0.1) is 6.61 Å². The van der Waals surface area contributed by atoms with E-state index in [1.54, 1.807) is 7.11 Å². The van der Waals surface area contributed by atoms with Crippen LogP contribution in [0, 0.1) is 5.41 Å². The van der Waals surface area contributed by atoms with Crippen molar-refractivity contribution in [2.75, 3.05) is 32.2 Å². The summed E-state index contributed by atoms with van der Waals surface area (Å²) >= 11 is 0. The normalized spacial score (nSPS) is 16.1. The van der Waals surface area contributed by atoms with Gasteiger partial charge < -0.3 is 20.5 Å². The van der Waals surface area contributed by atoms with Gasteiger partial charge in [-0.2, -0.15) is 0 Å². The van der Waals surface area contributed by atoms with Gasteiger partial charge in [0.1, 0.15) is 12.4 Å². The molecule has 1 fully saturated rings. The first-order chi connectivity index (χ1) is 10.2. The molecule has 2 rings (SSSR count). The minimum Gasteiger partial charge on any atom is -0.491 e. The van der Waals surface area contributed by atoms with E-state index in [0.717, 1.165) is 24.3 Å². The molecule has 1 amide bonds. The molecule has 0 saturated heterocycles. The maximum Gasteiger partial charge on any atom is 0.224 e. The fraction of sp³-hybridized carbons (Fsp3) is 0.562. The summed E-state index contributed by atoms with van der Waals surface area (Å²) < 4.78 is 10.5. The van der Waals surface area contributed by atoms with E-state index < -0.39 is 0 Å². The van der Waals surface area contributed by atoms with Crippen LogP contribution in [0.5, 0.6) is 5.75 Å². The Morgan fingerprint density at radius 1 is 1.38 bits per heavy atom. The number of anilines is 1. The molecule has 116 valence electrons. The highest BCUT2D eigenvalue weighted by Gasteiger charge is 2.37. The van der Waals surface area contributed by atoms with Gasteiger partial charge in [0.15, 0.2) is 0 Å². The minimum absolute atomic E-state index is 0.0224. The zero-order chi connectivity index (χ0) is 15.1. The fourth-order valence-electron chi connectivity index (χ4n) is 2.58. The number of benzene rings is 1. The minimum atomic E-state index is 0.0224. The molecule has 0 heterocycles. The summed E-state index contributed by atoms with van der Waals surface area (Å²) in [5, 5.41) is 2.93. The summed E-state index contributed by atoms with van der Waals surface area (Å²) in [5.41, 5.74) is 6.57. The number of methoxy groups -OCH3 is 1. The van der Waals surface area contributed by atoms with Crippen molar-refractivity contribution in [1.29, 1.82) is 0 Å². The van der Waals surface area contributed by atoms with E-state index in [-0.39, 0.29) is 11.3 Å². The summed E-state index contributed by atoms with van der Waals surface area (Å²) in [6.45, 7) is 1.61. The second-order valence-electron chi connectivity index (χ2n) is 5.65. The molecule has 1 aromatic carbocycles. The molecular weight excluding hydrogens is 268 g/mol. The summed E-state index contributed by atoms with van der Waals surface area (Å²) in [6.07, 6.45) is 3.78. The monoisotopic (exact) mass is 292 g/mol. The van der Waals surface area contributed by atoms with E-state index in [0.29, 0.717) is 26.2 Å². The van der Waals surface area contributed by atoms with Gasteiger partial charge in [0.25, 0.3) is 0 Å². The van der Waals surface area contributed by atoms with Crippen LogP contribution < -0.4 is 15.8 Å². The van der Waals surface area contributed by atoms with E-state index in [1.807, 2.05) is 24.3 Å².